The number of hydrogen-bond acceptors (Lipinski definition) is 1. The molecule has 4 atom stereocenters. The zero-order valence-electron chi connectivity index (χ0n) is 10.5. The van der Waals surface area contributed by atoms with Crippen LogP contribution in [0, 0.1) is 29.1 Å². The molecule has 0 bridgehead atoms. The van der Waals surface area contributed by atoms with E-state index in [9.17, 15) is 4.79 Å². The lowest BCUT2D eigenvalue weighted by atomic mass is 9.64. The minimum absolute atomic E-state index is 0.351. The molecule has 0 aliphatic heterocycles. The van der Waals surface area contributed by atoms with Crippen LogP contribution in [0.15, 0.2) is 0 Å². The Morgan fingerprint density at radius 2 is 1.93 bits per heavy atom. The van der Waals surface area contributed by atoms with Crippen LogP contribution in [-0.4, -0.2) is 5.78 Å². The number of hydrogen-bond donors (Lipinski definition) is 0. The topological polar surface area (TPSA) is 17.1 Å². The van der Waals surface area contributed by atoms with E-state index in [1.165, 1.54) is 19.3 Å². The predicted octanol–water partition coefficient (Wildman–Crippen LogP) is 3.67. The molecule has 0 amide bonds. The maximum atomic E-state index is 11.6. The lowest BCUT2D eigenvalue weighted by Crippen LogP contribution is -2.36. The molecule has 15 heavy (non-hydrogen) atoms. The Morgan fingerprint density at radius 3 is 2.53 bits per heavy atom. The Labute approximate surface area is 93.6 Å². The molecule has 0 spiro atoms. The van der Waals surface area contributed by atoms with Gasteiger partial charge in [0, 0.05) is 5.92 Å². The first-order chi connectivity index (χ1) is 6.92. The maximum Gasteiger partial charge on any atom is 0.133 e. The molecule has 0 aromatic rings. The van der Waals surface area contributed by atoms with Crippen LogP contribution in [0.2, 0.25) is 0 Å². The van der Waals surface area contributed by atoms with E-state index in [1.54, 1.807) is 6.92 Å². The molecule has 86 valence electrons. The smallest absolute Gasteiger partial charge is 0.133 e. The molecule has 2 saturated carbocycles. The summed E-state index contributed by atoms with van der Waals surface area (Å²) >= 11 is 0. The van der Waals surface area contributed by atoms with Crippen molar-refractivity contribution in [1.29, 1.82) is 0 Å². The summed E-state index contributed by atoms with van der Waals surface area (Å²) in [5.41, 5.74) is 0.485. The number of rotatable bonds is 1. The molecule has 0 N–H and O–H groups in total. The standard InChI is InChI=1S/C14H24O/c1-9-7-11-5-6-14(3,4)13(11)8-12(9)10(2)15/h9,11-13H,5-8H2,1-4H3. The van der Waals surface area contributed by atoms with Crippen molar-refractivity contribution in [3.05, 3.63) is 0 Å². The Bertz CT molecular complexity index is 267. The van der Waals surface area contributed by atoms with Crippen LogP contribution in [-0.2, 0) is 4.79 Å². The highest BCUT2D eigenvalue weighted by Gasteiger charge is 2.47. The minimum Gasteiger partial charge on any atom is -0.300 e. The molecule has 0 radical (unpaired) electrons. The van der Waals surface area contributed by atoms with Crippen LogP contribution >= 0.6 is 0 Å². The summed E-state index contributed by atoms with van der Waals surface area (Å²) in [4.78, 5) is 11.6. The zero-order chi connectivity index (χ0) is 11.2. The lowest BCUT2D eigenvalue weighted by molar-refractivity contribution is -0.124. The van der Waals surface area contributed by atoms with Gasteiger partial charge >= 0.3 is 0 Å². The van der Waals surface area contributed by atoms with Crippen molar-refractivity contribution in [2.45, 2.75) is 53.4 Å². The fraction of sp³-hybridized carbons (Fsp3) is 0.929. The average molecular weight is 208 g/mol. The van der Waals surface area contributed by atoms with E-state index >= 15 is 0 Å². The zero-order valence-corrected chi connectivity index (χ0v) is 10.5. The second-order valence-electron chi connectivity index (χ2n) is 6.56. The van der Waals surface area contributed by atoms with E-state index in [2.05, 4.69) is 20.8 Å². The lowest BCUT2D eigenvalue weighted by Gasteiger charge is -2.40. The van der Waals surface area contributed by atoms with Gasteiger partial charge in [-0.3, -0.25) is 4.79 Å². The quantitative estimate of drug-likeness (QED) is 0.642. The molecule has 1 nitrogen and oxygen atoms in total. The summed E-state index contributed by atoms with van der Waals surface area (Å²) in [6.45, 7) is 8.84. The van der Waals surface area contributed by atoms with Crippen LogP contribution < -0.4 is 0 Å². The molecule has 0 aromatic carbocycles. The average Bonchev–Trinajstić information content (AvgIpc) is 2.40. The summed E-state index contributed by atoms with van der Waals surface area (Å²) in [5, 5.41) is 0. The van der Waals surface area contributed by atoms with Gasteiger partial charge in [0.2, 0.25) is 0 Å². The van der Waals surface area contributed by atoms with Gasteiger partial charge in [0.1, 0.15) is 5.78 Å². The van der Waals surface area contributed by atoms with Crippen LogP contribution in [0.25, 0.3) is 0 Å². The van der Waals surface area contributed by atoms with Gasteiger partial charge in [-0.05, 0) is 55.8 Å². The molecule has 0 heterocycles. The highest BCUT2D eigenvalue weighted by Crippen LogP contribution is 2.55. The van der Waals surface area contributed by atoms with Gasteiger partial charge < -0.3 is 0 Å². The first kappa shape index (κ1) is 11.2. The van der Waals surface area contributed by atoms with Crippen LogP contribution in [0.3, 0.4) is 0 Å². The molecule has 2 rings (SSSR count). The van der Waals surface area contributed by atoms with Crippen LogP contribution in [0.5, 0.6) is 0 Å². The Balaban J connectivity index is 2.15. The fourth-order valence-electron chi connectivity index (χ4n) is 4.09. The third kappa shape index (κ3) is 1.86. The first-order valence-corrected chi connectivity index (χ1v) is 6.42. The number of ketones is 1. The molecular weight excluding hydrogens is 184 g/mol. The fourth-order valence-corrected chi connectivity index (χ4v) is 4.09. The summed E-state index contributed by atoms with van der Waals surface area (Å²) in [6.07, 6.45) is 5.21. The van der Waals surface area contributed by atoms with Crippen molar-refractivity contribution in [1.82, 2.24) is 0 Å². The number of fused-ring (bicyclic) bond motifs is 1. The Hall–Kier alpha value is -0.330. The monoisotopic (exact) mass is 208 g/mol. The van der Waals surface area contributed by atoms with E-state index in [1.807, 2.05) is 0 Å². The van der Waals surface area contributed by atoms with Crippen molar-refractivity contribution in [2.75, 3.05) is 0 Å². The van der Waals surface area contributed by atoms with Crippen LogP contribution in [0.4, 0.5) is 0 Å². The first-order valence-electron chi connectivity index (χ1n) is 6.42. The normalized spacial score (nSPS) is 43.7. The highest BCUT2D eigenvalue weighted by atomic mass is 16.1. The van der Waals surface area contributed by atoms with Gasteiger partial charge in [-0.1, -0.05) is 20.8 Å². The summed E-state index contributed by atoms with van der Waals surface area (Å²) in [6, 6.07) is 0. The maximum absolute atomic E-state index is 11.6. The molecule has 4 unspecified atom stereocenters. The van der Waals surface area contributed by atoms with E-state index in [0.29, 0.717) is 23.0 Å². The van der Waals surface area contributed by atoms with Gasteiger partial charge in [-0.25, -0.2) is 0 Å². The SMILES string of the molecule is CC(=O)C1CC2C(CCC2(C)C)CC1C. The molecule has 0 saturated heterocycles. The number of Topliss-reactive ketones (excluding diaryl/α,β-unsaturated/α-hetero) is 1. The predicted molar refractivity (Wildman–Crippen MR) is 62.6 cm³/mol. The van der Waals surface area contributed by atoms with Gasteiger partial charge in [-0.2, -0.15) is 0 Å². The third-order valence-corrected chi connectivity index (χ3v) is 5.12. The summed E-state index contributed by atoms with van der Waals surface area (Å²) in [5.74, 6) is 3.11. The third-order valence-electron chi connectivity index (χ3n) is 5.12. The largest absolute Gasteiger partial charge is 0.300 e. The highest BCUT2D eigenvalue weighted by molar-refractivity contribution is 5.78. The minimum atomic E-state index is 0.351. The summed E-state index contributed by atoms with van der Waals surface area (Å²) < 4.78 is 0. The van der Waals surface area contributed by atoms with Gasteiger partial charge in [0.05, 0.1) is 0 Å². The molecule has 2 aliphatic carbocycles. The second kappa shape index (κ2) is 3.61. The van der Waals surface area contributed by atoms with Crippen LogP contribution in [0.1, 0.15) is 53.4 Å². The molecule has 2 fully saturated rings. The van der Waals surface area contributed by atoms with E-state index < -0.39 is 0 Å². The van der Waals surface area contributed by atoms with E-state index in [0.717, 1.165) is 18.3 Å². The molecule has 0 aromatic heterocycles. The molecular formula is C14H24O. The molecule has 2 aliphatic rings. The van der Waals surface area contributed by atoms with E-state index in [-0.39, 0.29) is 0 Å². The van der Waals surface area contributed by atoms with Crippen molar-refractivity contribution in [3.63, 3.8) is 0 Å². The second-order valence-corrected chi connectivity index (χ2v) is 6.56. The van der Waals surface area contributed by atoms with Crippen molar-refractivity contribution in [3.8, 4) is 0 Å². The Morgan fingerprint density at radius 1 is 1.27 bits per heavy atom. The van der Waals surface area contributed by atoms with Gasteiger partial charge in [0.25, 0.3) is 0 Å². The summed E-state index contributed by atoms with van der Waals surface area (Å²) in [7, 11) is 0. The molecule has 1 heteroatoms. The van der Waals surface area contributed by atoms with Gasteiger partial charge in [0.15, 0.2) is 0 Å². The van der Waals surface area contributed by atoms with Crippen molar-refractivity contribution < 1.29 is 4.79 Å². The van der Waals surface area contributed by atoms with Crippen molar-refractivity contribution >= 4 is 5.78 Å². The van der Waals surface area contributed by atoms with Crippen molar-refractivity contribution in [2.24, 2.45) is 29.1 Å². The van der Waals surface area contributed by atoms with E-state index in [4.69, 9.17) is 0 Å². The Kier molecular flexibility index (Phi) is 2.68. The van der Waals surface area contributed by atoms with Gasteiger partial charge in [-0.15, -0.1) is 0 Å². The number of carbonyl (C=O) groups is 1. The number of carbonyl (C=O) groups excluding carboxylic acids is 1.